The van der Waals surface area contributed by atoms with Crippen molar-refractivity contribution in [2.24, 2.45) is 5.92 Å². The van der Waals surface area contributed by atoms with Gasteiger partial charge in [0.15, 0.2) is 6.61 Å². The van der Waals surface area contributed by atoms with Crippen molar-refractivity contribution in [1.29, 1.82) is 0 Å². The Morgan fingerprint density at radius 2 is 1.89 bits per heavy atom. The number of rotatable bonds is 8. The molecule has 0 radical (unpaired) electrons. The average Bonchev–Trinajstić information content (AvgIpc) is 3.17. The Morgan fingerprint density at radius 3 is 2.50 bits per heavy atom. The van der Waals surface area contributed by atoms with Crippen LogP contribution in [0, 0.1) is 16.0 Å². The lowest BCUT2D eigenvalue weighted by Gasteiger charge is -2.12. The number of nitrogens with zero attached hydrogens (tertiary/aromatic N) is 1. The number of benzene rings is 1. The Kier molecular flexibility index (Phi) is 7.18. The fourth-order valence-corrected chi connectivity index (χ4v) is 2.87. The lowest BCUT2D eigenvalue weighted by Crippen LogP contribution is -2.33. The van der Waals surface area contributed by atoms with E-state index >= 15 is 0 Å². The van der Waals surface area contributed by atoms with Crippen LogP contribution in [-0.2, 0) is 20.5 Å². The number of esters is 1. The van der Waals surface area contributed by atoms with E-state index in [1.807, 2.05) is 0 Å². The second kappa shape index (κ2) is 9.38. The van der Waals surface area contributed by atoms with Crippen molar-refractivity contribution < 1.29 is 32.4 Å². The summed E-state index contributed by atoms with van der Waals surface area (Å²) in [6.45, 7) is -0.345. The number of hydrogen-bond acceptors (Lipinski definition) is 6. The van der Waals surface area contributed by atoms with Gasteiger partial charge in [-0.3, -0.25) is 19.7 Å². The van der Waals surface area contributed by atoms with Crippen LogP contribution in [0.1, 0.15) is 31.2 Å². The zero-order chi connectivity index (χ0) is 20.7. The van der Waals surface area contributed by atoms with Gasteiger partial charge in [-0.05, 0) is 25.0 Å². The molecule has 2 rings (SSSR count). The largest absolute Gasteiger partial charge is 0.455 e. The number of ether oxygens (including phenoxy) is 1. The van der Waals surface area contributed by atoms with Gasteiger partial charge in [0, 0.05) is 19.2 Å². The van der Waals surface area contributed by atoms with Gasteiger partial charge in [-0.2, -0.15) is 13.2 Å². The molecule has 1 fully saturated rings. The van der Waals surface area contributed by atoms with Crippen molar-refractivity contribution in [3.63, 3.8) is 0 Å². The number of anilines is 1. The van der Waals surface area contributed by atoms with E-state index in [4.69, 9.17) is 4.74 Å². The average molecular weight is 403 g/mol. The molecule has 0 heterocycles. The summed E-state index contributed by atoms with van der Waals surface area (Å²) in [5, 5.41) is 16.0. The van der Waals surface area contributed by atoms with Crippen molar-refractivity contribution in [2.45, 2.75) is 31.9 Å². The molecule has 1 aromatic carbocycles. The highest BCUT2D eigenvalue weighted by atomic mass is 19.4. The smallest absolute Gasteiger partial charge is 0.416 e. The summed E-state index contributed by atoms with van der Waals surface area (Å²) in [5.41, 5.74) is -1.94. The van der Waals surface area contributed by atoms with Gasteiger partial charge in [-0.1, -0.05) is 12.8 Å². The topological polar surface area (TPSA) is 111 Å². The number of nitro benzene ring substituents is 1. The maximum absolute atomic E-state index is 12.7. The molecule has 1 aliphatic rings. The van der Waals surface area contributed by atoms with Crippen LogP contribution in [0.5, 0.6) is 0 Å². The van der Waals surface area contributed by atoms with Crippen LogP contribution >= 0.6 is 0 Å². The maximum atomic E-state index is 12.7. The van der Waals surface area contributed by atoms with E-state index in [2.05, 4.69) is 10.6 Å². The number of carbonyl (C=O) groups excluding carboxylic acids is 2. The van der Waals surface area contributed by atoms with Crippen LogP contribution in [0.4, 0.5) is 24.5 Å². The number of nitro groups is 1. The first kappa shape index (κ1) is 21.5. The summed E-state index contributed by atoms with van der Waals surface area (Å²) in [7, 11) is 0. The lowest BCUT2D eigenvalue weighted by molar-refractivity contribution is -0.384. The summed E-state index contributed by atoms with van der Waals surface area (Å²) >= 11 is 0. The number of carbonyl (C=O) groups is 2. The van der Waals surface area contributed by atoms with Crippen LogP contribution in [0.15, 0.2) is 18.2 Å². The SMILES string of the molecule is O=C(COC(=O)C1CCCC1)NCCNc1ccc(C(F)(F)F)cc1[N+](=O)[O-]. The third-order valence-corrected chi connectivity index (χ3v) is 4.32. The molecule has 1 amide bonds. The molecule has 1 saturated carbocycles. The number of nitrogens with one attached hydrogen (secondary N) is 2. The molecule has 2 N–H and O–H groups in total. The number of alkyl halides is 3. The summed E-state index contributed by atoms with van der Waals surface area (Å²) < 4.78 is 42.9. The minimum Gasteiger partial charge on any atom is -0.455 e. The van der Waals surface area contributed by atoms with Gasteiger partial charge < -0.3 is 15.4 Å². The quantitative estimate of drug-likeness (QED) is 0.299. The molecule has 0 saturated heterocycles. The first-order chi connectivity index (χ1) is 13.2. The normalized spacial score (nSPS) is 14.5. The van der Waals surface area contributed by atoms with E-state index in [0.29, 0.717) is 6.07 Å². The first-order valence-electron chi connectivity index (χ1n) is 8.71. The van der Waals surface area contributed by atoms with Crippen molar-refractivity contribution in [2.75, 3.05) is 25.0 Å². The number of hydrogen-bond donors (Lipinski definition) is 2. The van der Waals surface area contributed by atoms with Gasteiger partial charge in [-0.15, -0.1) is 0 Å². The highest BCUT2D eigenvalue weighted by Gasteiger charge is 2.33. The molecule has 0 atom stereocenters. The fourth-order valence-electron chi connectivity index (χ4n) is 2.87. The van der Waals surface area contributed by atoms with Gasteiger partial charge in [0.25, 0.3) is 11.6 Å². The Bertz CT molecular complexity index is 733. The van der Waals surface area contributed by atoms with Crippen LogP contribution in [0.2, 0.25) is 0 Å². The number of halogens is 3. The van der Waals surface area contributed by atoms with Gasteiger partial charge in [0.2, 0.25) is 0 Å². The Morgan fingerprint density at radius 1 is 1.21 bits per heavy atom. The molecular formula is C17H20F3N3O5. The molecular weight excluding hydrogens is 383 g/mol. The molecule has 11 heteroatoms. The zero-order valence-corrected chi connectivity index (χ0v) is 14.9. The Labute approximate surface area is 158 Å². The van der Waals surface area contributed by atoms with Gasteiger partial charge in [0.1, 0.15) is 5.69 Å². The third kappa shape index (κ3) is 6.10. The van der Waals surface area contributed by atoms with Crippen LogP contribution in [0.25, 0.3) is 0 Å². The Balaban J connectivity index is 1.77. The lowest BCUT2D eigenvalue weighted by atomic mass is 10.1. The highest BCUT2D eigenvalue weighted by molar-refractivity contribution is 5.81. The summed E-state index contributed by atoms with van der Waals surface area (Å²) in [6, 6.07) is 2.14. The molecule has 0 aromatic heterocycles. The molecule has 1 aliphatic carbocycles. The summed E-state index contributed by atoms with van der Waals surface area (Å²) in [6.07, 6.45) is -1.23. The summed E-state index contributed by atoms with van der Waals surface area (Å²) in [4.78, 5) is 33.4. The molecule has 0 unspecified atom stereocenters. The van der Waals surface area contributed by atoms with Crippen molar-refractivity contribution in [3.8, 4) is 0 Å². The van der Waals surface area contributed by atoms with Crippen molar-refractivity contribution in [1.82, 2.24) is 5.32 Å². The minimum atomic E-state index is -4.69. The van der Waals surface area contributed by atoms with E-state index < -0.39 is 40.8 Å². The molecule has 8 nitrogen and oxygen atoms in total. The Hall–Kier alpha value is -2.85. The second-order valence-corrected chi connectivity index (χ2v) is 6.35. The maximum Gasteiger partial charge on any atom is 0.416 e. The molecule has 0 aliphatic heterocycles. The molecule has 0 bridgehead atoms. The fraction of sp³-hybridized carbons (Fsp3) is 0.529. The van der Waals surface area contributed by atoms with Crippen LogP contribution < -0.4 is 10.6 Å². The predicted octanol–water partition coefficient (Wildman–Crippen LogP) is 2.88. The summed E-state index contributed by atoms with van der Waals surface area (Å²) in [5.74, 6) is -1.09. The van der Waals surface area contributed by atoms with Gasteiger partial charge in [-0.25, -0.2) is 0 Å². The molecule has 1 aromatic rings. The van der Waals surface area contributed by atoms with Crippen molar-refractivity contribution >= 4 is 23.3 Å². The van der Waals surface area contributed by atoms with E-state index in [9.17, 15) is 32.9 Å². The second-order valence-electron chi connectivity index (χ2n) is 6.35. The monoisotopic (exact) mass is 403 g/mol. The molecule has 154 valence electrons. The standard InChI is InChI=1S/C17H20F3N3O5/c18-17(19,20)12-5-6-13(14(9-12)23(26)27)21-7-8-22-15(24)10-28-16(25)11-3-1-2-4-11/h5-6,9,11,21H,1-4,7-8,10H2,(H,22,24). The zero-order valence-electron chi connectivity index (χ0n) is 14.9. The predicted molar refractivity (Wildman–Crippen MR) is 92.5 cm³/mol. The first-order valence-corrected chi connectivity index (χ1v) is 8.71. The number of amides is 1. The molecule has 28 heavy (non-hydrogen) atoms. The van der Waals surface area contributed by atoms with Gasteiger partial charge >= 0.3 is 12.1 Å². The molecule has 0 spiro atoms. The van der Waals surface area contributed by atoms with Crippen LogP contribution in [-0.4, -0.2) is 36.5 Å². The highest BCUT2D eigenvalue weighted by Crippen LogP contribution is 2.34. The van der Waals surface area contributed by atoms with E-state index in [1.165, 1.54) is 0 Å². The van der Waals surface area contributed by atoms with E-state index in [-0.39, 0.29) is 24.7 Å². The van der Waals surface area contributed by atoms with Gasteiger partial charge in [0.05, 0.1) is 16.4 Å². The van der Waals surface area contributed by atoms with Crippen molar-refractivity contribution in [3.05, 3.63) is 33.9 Å². The van der Waals surface area contributed by atoms with Crippen LogP contribution in [0.3, 0.4) is 0 Å². The third-order valence-electron chi connectivity index (χ3n) is 4.32. The van der Waals surface area contributed by atoms with E-state index in [0.717, 1.165) is 37.8 Å². The minimum absolute atomic E-state index is 0.0362. The van der Waals surface area contributed by atoms with E-state index in [1.54, 1.807) is 0 Å².